The predicted molar refractivity (Wildman–Crippen MR) is 352 cm³/mol. The molecule has 0 saturated carbocycles. The molecule has 6 heteroatoms. The van der Waals surface area contributed by atoms with Crippen LogP contribution in [0.2, 0.25) is 0 Å². The molecule has 0 aliphatic rings. The Hall–Kier alpha value is -1.92. The summed E-state index contributed by atoms with van der Waals surface area (Å²) < 4.78 is 5.49. The van der Waals surface area contributed by atoms with Crippen LogP contribution in [0.1, 0.15) is 399 Å². The SMILES string of the molecule is CCCCC/C=C\C/C=C\CCCCCCCC(=O)OCCCCCCCCCCCCCCCCCCCC/C=C\CCCCCCCCCCCCCCCCCCCC(=O)NC(CO)C(O)CCCCCCCCCCC. The largest absolute Gasteiger partial charge is 0.466 e. The van der Waals surface area contributed by atoms with Crippen LogP contribution in [-0.4, -0.2) is 47.4 Å². The number of hydrogen-bond donors (Lipinski definition) is 3. The van der Waals surface area contributed by atoms with Crippen molar-refractivity contribution < 1.29 is 24.5 Å². The second kappa shape index (κ2) is 69.6. The number of esters is 1. The zero-order valence-electron chi connectivity index (χ0n) is 54.1. The molecule has 0 rings (SSSR count). The highest BCUT2D eigenvalue weighted by Crippen LogP contribution is 2.19. The lowest BCUT2D eigenvalue weighted by Crippen LogP contribution is -2.45. The number of aliphatic hydroxyl groups is 2. The van der Waals surface area contributed by atoms with Crippen molar-refractivity contribution in [3.05, 3.63) is 36.5 Å². The number of aliphatic hydroxyl groups excluding tert-OH is 2. The number of hydrogen-bond acceptors (Lipinski definition) is 5. The first-order valence-electron chi connectivity index (χ1n) is 36.2. The Labute approximate surface area is 500 Å². The summed E-state index contributed by atoms with van der Waals surface area (Å²) in [6, 6.07) is -0.536. The Morgan fingerprint density at radius 3 is 0.988 bits per heavy atom. The van der Waals surface area contributed by atoms with E-state index in [1.54, 1.807) is 0 Å². The van der Waals surface area contributed by atoms with Crippen molar-refractivity contribution in [2.45, 2.75) is 411 Å². The van der Waals surface area contributed by atoms with Crippen LogP contribution in [0.5, 0.6) is 0 Å². The van der Waals surface area contributed by atoms with Crippen molar-refractivity contribution in [2.24, 2.45) is 0 Å². The van der Waals surface area contributed by atoms with Crippen LogP contribution in [0.25, 0.3) is 0 Å². The van der Waals surface area contributed by atoms with E-state index in [1.807, 2.05) is 0 Å². The van der Waals surface area contributed by atoms with Gasteiger partial charge in [0.15, 0.2) is 0 Å². The Morgan fingerprint density at radius 2 is 0.625 bits per heavy atom. The lowest BCUT2D eigenvalue weighted by Gasteiger charge is -2.22. The molecule has 3 N–H and O–H groups in total. The fourth-order valence-corrected chi connectivity index (χ4v) is 11.4. The third-order valence-corrected chi connectivity index (χ3v) is 16.9. The normalized spacial score (nSPS) is 12.7. The third kappa shape index (κ3) is 65.2. The van der Waals surface area contributed by atoms with Crippen LogP contribution < -0.4 is 5.32 Å². The molecule has 0 saturated heterocycles. The minimum Gasteiger partial charge on any atom is -0.466 e. The predicted octanol–water partition coefficient (Wildman–Crippen LogP) is 23.5. The Kier molecular flexibility index (Phi) is 67.9. The third-order valence-electron chi connectivity index (χ3n) is 16.9. The topological polar surface area (TPSA) is 95.9 Å². The van der Waals surface area contributed by atoms with E-state index in [0.717, 1.165) is 51.4 Å². The molecule has 0 radical (unpaired) electrons. The van der Waals surface area contributed by atoms with Gasteiger partial charge in [-0.3, -0.25) is 9.59 Å². The van der Waals surface area contributed by atoms with E-state index in [-0.39, 0.29) is 18.5 Å². The van der Waals surface area contributed by atoms with Gasteiger partial charge in [0, 0.05) is 12.8 Å². The van der Waals surface area contributed by atoms with E-state index in [0.29, 0.717) is 25.9 Å². The molecule has 0 aliphatic carbocycles. The van der Waals surface area contributed by atoms with Crippen LogP contribution in [0.15, 0.2) is 36.5 Å². The standard InChI is InChI=1S/C74H141NO5/c1-3-5-7-9-11-13-14-15-41-45-48-52-56-60-64-68-74(79)80-69-65-61-57-53-49-46-43-40-38-36-34-32-30-28-26-24-22-20-18-16-17-19-21-23-25-27-29-31-33-35-37-39-42-44-47-51-55-59-63-67-73(78)75-71(70-76)72(77)66-62-58-54-50-12-10-8-6-4-2/h11,13,15-17,41,71-72,76-77H,3-10,12,14,18-40,42-70H2,1-2H3,(H,75,78)/b13-11-,17-16-,41-15-. The van der Waals surface area contributed by atoms with Gasteiger partial charge in [-0.25, -0.2) is 0 Å². The molecule has 0 aliphatic heterocycles. The molecule has 0 heterocycles. The Morgan fingerprint density at radius 1 is 0.350 bits per heavy atom. The van der Waals surface area contributed by atoms with Gasteiger partial charge < -0.3 is 20.3 Å². The molecule has 80 heavy (non-hydrogen) atoms. The van der Waals surface area contributed by atoms with Gasteiger partial charge in [0.1, 0.15) is 0 Å². The smallest absolute Gasteiger partial charge is 0.305 e. The second-order valence-corrected chi connectivity index (χ2v) is 24.9. The minimum absolute atomic E-state index is 0.00860. The fourth-order valence-electron chi connectivity index (χ4n) is 11.4. The number of carbonyl (C=O) groups excluding carboxylic acids is 2. The van der Waals surface area contributed by atoms with E-state index in [1.165, 1.54) is 315 Å². The van der Waals surface area contributed by atoms with Gasteiger partial charge in [-0.05, 0) is 83.5 Å². The summed E-state index contributed by atoms with van der Waals surface area (Å²) in [5, 5.41) is 23.2. The maximum Gasteiger partial charge on any atom is 0.305 e. The van der Waals surface area contributed by atoms with E-state index < -0.39 is 12.1 Å². The monoisotopic (exact) mass is 1120 g/mol. The van der Waals surface area contributed by atoms with Gasteiger partial charge in [0.2, 0.25) is 5.91 Å². The van der Waals surface area contributed by atoms with Gasteiger partial charge in [0.05, 0.1) is 25.4 Å². The lowest BCUT2D eigenvalue weighted by molar-refractivity contribution is -0.143. The summed E-state index contributed by atoms with van der Waals surface area (Å²) in [6.45, 7) is 4.93. The first-order valence-corrected chi connectivity index (χ1v) is 36.2. The molecule has 6 nitrogen and oxygen atoms in total. The number of unbranched alkanes of at least 4 members (excludes halogenated alkanes) is 51. The maximum absolute atomic E-state index is 12.4. The molecule has 2 atom stereocenters. The molecule has 0 aromatic carbocycles. The van der Waals surface area contributed by atoms with Crippen molar-refractivity contribution in [1.82, 2.24) is 5.32 Å². The molecule has 0 aromatic rings. The summed E-state index contributed by atoms with van der Waals surface area (Å²) in [5.41, 5.74) is 0. The van der Waals surface area contributed by atoms with Crippen molar-refractivity contribution in [1.29, 1.82) is 0 Å². The summed E-state index contributed by atoms with van der Waals surface area (Å²) in [6.07, 6.45) is 89.5. The van der Waals surface area contributed by atoms with Crippen molar-refractivity contribution in [3.63, 3.8) is 0 Å². The maximum atomic E-state index is 12.4. The highest BCUT2D eigenvalue weighted by molar-refractivity contribution is 5.76. The second-order valence-electron chi connectivity index (χ2n) is 24.9. The van der Waals surface area contributed by atoms with Crippen LogP contribution in [0.3, 0.4) is 0 Å². The number of ether oxygens (including phenoxy) is 1. The highest BCUT2D eigenvalue weighted by Gasteiger charge is 2.20. The number of rotatable bonds is 68. The molecule has 0 aromatic heterocycles. The van der Waals surface area contributed by atoms with E-state index in [2.05, 4.69) is 55.6 Å². The molecular formula is C74H141NO5. The minimum atomic E-state index is -0.658. The molecule has 0 spiro atoms. The lowest BCUT2D eigenvalue weighted by atomic mass is 10.0. The van der Waals surface area contributed by atoms with Gasteiger partial charge in [0.25, 0.3) is 0 Å². The summed E-state index contributed by atoms with van der Waals surface area (Å²) in [5.74, 6) is -0.0229. The zero-order valence-corrected chi connectivity index (χ0v) is 54.1. The number of nitrogens with one attached hydrogen (secondary N) is 1. The number of allylic oxidation sites excluding steroid dienone is 6. The molecule has 2 unspecified atom stereocenters. The Bertz CT molecular complexity index is 1300. The van der Waals surface area contributed by atoms with Crippen molar-refractivity contribution in [3.8, 4) is 0 Å². The average molecular weight is 1120 g/mol. The van der Waals surface area contributed by atoms with Crippen LogP contribution in [0, 0.1) is 0 Å². The molecule has 472 valence electrons. The number of carbonyl (C=O) groups is 2. The van der Waals surface area contributed by atoms with Crippen LogP contribution in [-0.2, 0) is 14.3 Å². The first kappa shape index (κ1) is 78.1. The van der Waals surface area contributed by atoms with Gasteiger partial charge in [-0.1, -0.05) is 339 Å². The zero-order chi connectivity index (χ0) is 57.8. The van der Waals surface area contributed by atoms with Crippen LogP contribution >= 0.6 is 0 Å². The molecule has 1 amide bonds. The van der Waals surface area contributed by atoms with E-state index in [4.69, 9.17) is 4.74 Å². The molecule has 0 bridgehead atoms. The van der Waals surface area contributed by atoms with E-state index >= 15 is 0 Å². The number of amides is 1. The van der Waals surface area contributed by atoms with Gasteiger partial charge in [-0.15, -0.1) is 0 Å². The molecule has 0 fully saturated rings. The summed E-state index contributed by atoms with van der Waals surface area (Å²) in [4.78, 5) is 24.5. The van der Waals surface area contributed by atoms with E-state index in [9.17, 15) is 19.8 Å². The average Bonchev–Trinajstić information content (AvgIpc) is 3.46. The molecular weight excluding hydrogens is 983 g/mol. The van der Waals surface area contributed by atoms with Gasteiger partial charge in [-0.2, -0.15) is 0 Å². The highest BCUT2D eigenvalue weighted by atomic mass is 16.5. The van der Waals surface area contributed by atoms with Crippen molar-refractivity contribution in [2.75, 3.05) is 13.2 Å². The first-order chi connectivity index (χ1) is 39.5. The van der Waals surface area contributed by atoms with Crippen molar-refractivity contribution >= 4 is 11.9 Å². The fraction of sp³-hybridized carbons (Fsp3) is 0.892. The van der Waals surface area contributed by atoms with Crippen LogP contribution in [0.4, 0.5) is 0 Å². The van der Waals surface area contributed by atoms with Gasteiger partial charge >= 0.3 is 5.97 Å². The quantitative estimate of drug-likeness (QED) is 0.0320. The summed E-state index contributed by atoms with van der Waals surface area (Å²) in [7, 11) is 0. The summed E-state index contributed by atoms with van der Waals surface area (Å²) >= 11 is 0. The Balaban J connectivity index is 3.29.